The summed E-state index contributed by atoms with van der Waals surface area (Å²) in [6, 6.07) is 14.7. The van der Waals surface area contributed by atoms with Gasteiger partial charge in [0.1, 0.15) is 11.5 Å². The second kappa shape index (κ2) is 11.5. The van der Waals surface area contributed by atoms with Crippen LogP contribution in [-0.2, 0) is 0 Å². The first-order chi connectivity index (χ1) is 13.5. The first-order valence-corrected chi connectivity index (χ1v) is 9.75. The lowest BCUT2D eigenvalue weighted by atomic mass is 10.0. The number of hydrogen-bond donors (Lipinski definition) is 0. The van der Waals surface area contributed by atoms with Crippen molar-refractivity contribution in [1.29, 1.82) is 0 Å². The van der Waals surface area contributed by atoms with Crippen molar-refractivity contribution in [3.8, 4) is 11.5 Å². The molecule has 152 valence electrons. The van der Waals surface area contributed by atoms with Crippen molar-refractivity contribution in [2.45, 2.75) is 12.8 Å². The number of benzene rings is 2. The molecule has 0 aromatic heterocycles. The second-order valence-corrected chi connectivity index (χ2v) is 7.39. The van der Waals surface area contributed by atoms with Crippen LogP contribution in [0.15, 0.2) is 48.5 Å². The molecule has 0 radical (unpaired) electrons. The van der Waals surface area contributed by atoms with E-state index in [1.165, 1.54) is 0 Å². The fourth-order valence-corrected chi connectivity index (χ4v) is 2.71. The molecule has 0 unspecified atom stereocenters. The SMILES string of the molecule is CN(C)CCCOc1ccc(C(=O)c2ccc(OCCCN(C)C)cc2)cc1. The third-order valence-corrected chi connectivity index (χ3v) is 4.27. The fraction of sp³-hybridized carbons (Fsp3) is 0.435. The Hall–Kier alpha value is -2.37. The number of nitrogens with zero attached hydrogens (tertiary/aromatic N) is 2. The highest BCUT2D eigenvalue weighted by molar-refractivity contribution is 6.09. The molecule has 2 aromatic carbocycles. The van der Waals surface area contributed by atoms with Crippen LogP contribution >= 0.6 is 0 Å². The summed E-state index contributed by atoms with van der Waals surface area (Å²) in [5.74, 6) is 1.58. The summed E-state index contributed by atoms with van der Waals surface area (Å²) >= 11 is 0. The van der Waals surface area contributed by atoms with E-state index in [2.05, 4.69) is 9.80 Å². The monoisotopic (exact) mass is 384 g/mol. The minimum absolute atomic E-state index is 0.00156. The number of ketones is 1. The molecule has 0 saturated heterocycles. The summed E-state index contributed by atoms with van der Waals surface area (Å²) in [6.07, 6.45) is 1.94. The zero-order valence-electron chi connectivity index (χ0n) is 17.5. The van der Waals surface area contributed by atoms with E-state index < -0.39 is 0 Å². The molecular formula is C23H32N2O3. The highest BCUT2D eigenvalue weighted by Gasteiger charge is 2.09. The molecule has 0 atom stereocenters. The fourth-order valence-electron chi connectivity index (χ4n) is 2.71. The van der Waals surface area contributed by atoms with Crippen LogP contribution in [-0.4, -0.2) is 70.1 Å². The first-order valence-electron chi connectivity index (χ1n) is 9.75. The van der Waals surface area contributed by atoms with Crippen LogP contribution in [0, 0.1) is 0 Å². The average Bonchev–Trinajstić information content (AvgIpc) is 2.69. The minimum Gasteiger partial charge on any atom is -0.494 e. The third kappa shape index (κ3) is 7.71. The lowest BCUT2D eigenvalue weighted by Crippen LogP contribution is -2.15. The zero-order chi connectivity index (χ0) is 20.4. The van der Waals surface area contributed by atoms with Crippen molar-refractivity contribution >= 4 is 5.78 Å². The van der Waals surface area contributed by atoms with E-state index in [9.17, 15) is 4.79 Å². The molecule has 28 heavy (non-hydrogen) atoms. The molecule has 0 aliphatic rings. The predicted molar refractivity (Wildman–Crippen MR) is 114 cm³/mol. The highest BCUT2D eigenvalue weighted by Crippen LogP contribution is 2.18. The van der Waals surface area contributed by atoms with Gasteiger partial charge < -0.3 is 19.3 Å². The minimum atomic E-state index is -0.00156. The van der Waals surface area contributed by atoms with E-state index in [-0.39, 0.29) is 5.78 Å². The Balaban J connectivity index is 1.84. The number of hydrogen-bond acceptors (Lipinski definition) is 5. The average molecular weight is 385 g/mol. The molecule has 0 aliphatic carbocycles. The van der Waals surface area contributed by atoms with Gasteiger partial charge in [0, 0.05) is 24.2 Å². The molecule has 0 saturated carbocycles. The topological polar surface area (TPSA) is 42.0 Å². The lowest BCUT2D eigenvalue weighted by molar-refractivity contribution is 0.103. The number of ether oxygens (including phenoxy) is 2. The second-order valence-electron chi connectivity index (χ2n) is 7.39. The van der Waals surface area contributed by atoms with Gasteiger partial charge in [0.2, 0.25) is 0 Å². The van der Waals surface area contributed by atoms with Crippen LogP contribution in [0.2, 0.25) is 0 Å². The van der Waals surface area contributed by atoms with Gasteiger partial charge in [0.25, 0.3) is 0 Å². The number of carbonyl (C=O) groups excluding carboxylic acids is 1. The van der Waals surface area contributed by atoms with Crippen molar-refractivity contribution in [3.63, 3.8) is 0 Å². The highest BCUT2D eigenvalue weighted by atomic mass is 16.5. The Morgan fingerprint density at radius 1 is 0.679 bits per heavy atom. The van der Waals surface area contributed by atoms with Crippen LogP contribution in [0.1, 0.15) is 28.8 Å². The van der Waals surface area contributed by atoms with E-state index in [0.717, 1.165) is 37.4 Å². The predicted octanol–water partition coefficient (Wildman–Crippen LogP) is 3.58. The standard InChI is InChI=1S/C23H32N2O3/c1-24(2)15-5-17-27-21-11-7-19(8-12-21)23(26)20-9-13-22(14-10-20)28-18-6-16-25(3)4/h7-14H,5-6,15-18H2,1-4H3. The molecule has 2 aromatic rings. The van der Waals surface area contributed by atoms with Crippen molar-refractivity contribution < 1.29 is 14.3 Å². The van der Waals surface area contributed by atoms with Crippen LogP contribution in [0.25, 0.3) is 0 Å². The molecule has 0 fully saturated rings. The molecule has 0 amide bonds. The normalized spacial score (nSPS) is 11.1. The van der Waals surface area contributed by atoms with Gasteiger partial charge in [0.05, 0.1) is 13.2 Å². The van der Waals surface area contributed by atoms with E-state index >= 15 is 0 Å². The molecular weight excluding hydrogens is 352 g/mol. The van der Waals surface area contributed by atoms with Crippen LogP contribution in [0.5, 0.6) is 11.5 Å². The van der Waals surface area contributed by atoms with Crippen molar-refractivity contribution in [2.24, 2.45) is 0 Å². The Labute approximate surface area is 168 Å². The van der Waals surface area contributed by atoms with E-state index in [1.807, 2.05) is 76.7 Å². The van der Waals surface area contributed by atoms with Gasteiger partial charge in [-0.2, -0.15) is 0 Å². The Bertz CT molecular complexity index is 648. The molecule has 5 heteroatoms. The molecule has 0 N–H and O–H groups in total. The molecule has 0 spiro atoms. The van der Waals surface area contributed by atoms with E-state index in [0.29, 0.717) is 24.3 Å². The molecule has 2 rings (SSSR count). The van der Waals surface area contributed by atoms with Crippen LogP contribution in [0.4, 0.5) is 0 Å². The molecule has 0 bridgehead atoms. The van der Waals surface area contributed by atoms with Crippen LogP contribution < -0.4 is 9.47 Å². The third-order valence-electron chi connectivity index (χ3n) is 4.27. The molecule has 0 heterocycles. The summed E-state index contributed by atoms with van der Waals surface area (Å²) in [7, 11) is 8.18. The lowest BCUT2D eigenvalue weighted by Gasteiger charge is -2.11. The quantitative estimate of drug-likeness (QED) is 0.413. The number of rotatable bonds is 12. The van der Waals surface area contributed by atoms with Gasteiger partial charge in [-0.25, -0.2) is 0 Å². The number of carbonyl (C=O) groups is 1. The zero-order valence-corrected chi connectivity index (χ0v) is 17.5. The molecule has 0 aliphatic heterocycles. The van der Waals surface area contributed by atoms with Crippen molar-refractivity contribution in [3.05, 3.63) is 59.7 Å². The van der Waals surface area contributed by atoms with Crippen molar-refractivity contribution in [2.75, 3.05) is 54.5 Å². The Kier molecular flexibility index (Phi) is 8.98. The largest absolute Gasteiger partial charge is 0.494 e. The Morgan fingerprint density at radius 2 is 1.04 bits per heavy atom. The maximum Gasteiger partial charge on any atom is 0.193 e. The summed E-state index contributed by atoms with van der Waals surface area (Å²) in [6.45, 7) is 3.32. The first kappa shape index (κ1) is 21.9. The summed E-state index contributed by atoms with van der Waals surface area (Å²) in [4.78, 5) is 16.9. The smallest absolute Gasteiger partial charge is 0.193 e. The van der Waals surface area contributed by atoms with E-state index in [1.54, 1.807) is 0 Å². The van der Waals surface area contributed by atoms with Gasteiger partial charge in [-0.05, 0) is 89.6 Å². The maximum atomic E-state index is 12.6. The van der Waals surface area contributed by atoms with Crippen molar-refractivity contribution in [1.82, 2.24) is 9.80 Å². The molecule has 5 nitrogen and oxygen atoms in total. The summed E-state index contributed by atoms with van der Waals surface area (Å²) in [5, 5.41) is 0. The van der Waals surface area contributed by atoms with Gasteiger partial charge in [0.15, 0.2) is 5.78 Å². The maximum absolute atomic E-state index is 12.6. The van der Waals surface area contributed by atoms with Gasteiger partial charge >= 0.3 is 0 Å². The van der Waals surface area contributed by atoms with E-state index in [4.69, 9.17) is 9.47 Å². The van der Waals surface area contributed by atoms with Crippen LogP contribution in [0.3, 0.4) is 0 Å². The van der Waals surface area contributed by atoms with Gasteiger partial charge in [-0.1, -0.05) is 0 Å². The summed E-state index contributed by atoms with van der Waals surface area (Å²) < 4.78 is 11.4. The Morgan fingerprint density at radius 3 is 1.36 bits per heavy atom. The van der Waals surface area contributed by atoms with Gasteiger partial charge in [-0.3, -0.25) is 4.79 Å². The van der Waals surface area contributed by atoms with Gasteiger partial charge in [-0.15, -0.1) is 0 Å². The summed E-state index contributed by atoms with van der Waals surface area (Å²) in [5.41, 5.74) is 1.31.